The van der Waals surface area contributed by atoms with Gasteiger partial charge in [-0.15, -0.1) is 12.3 Å². The SMILES string of the molecule is C#CC1CC2OC1C(C(=O)OC)=C2C(=O)OC. The fourth-order valence-electron chi connectivity index (χ4n) is 2.31. The predicted molar refractivity (Wildman–Crippen MR) is 56.7 cm³/mol. The van der Waals surface area contributed by atoms with E-state index in [0.29, 0.717) is 6.42 Å². The Kier molecular flexibility index (Phi) is 2.90. The zero-order valence-corrected chi connectivity index (χ0v) is 9.56. The summed E-state index contributed by atoms with van der Waals surface area (Å²) in [4.78, 5) is 23.3. The van der Waals surface area contributed by atoms with Crippen molar-refractivity contribution in [2.75, 3.05) is 14.2 Å². The van der Waals surface area contributed by atoms with Gasteiger partial charge in [-0.3, -0.25) is 0 Å². The number of methoxy groups -OCH3 is 2. The molecule has 2 heterocycles. The molecule has 0 radical (unpaired) electrons. The lowest BCUT2D eigenvalue weighted by molar-refractivity contribution is -0.139. The van der Waals surface area contributed by atoms with Crippen molar-refractivity contribution in [1.29, 1.82) is 0 Å². The summed E-state index contributed by atoms with van der Waals surface area (Å²) in [7, 11) is 2.51. The van der Waals surface area contributed by atoms with Crippen LogP contribution in [0.15, 0.2) is 11.1 Å². The van der Waals surface area contributed by atoms with E-state index in [2.05, 4.69) is 15.4 Å². The van der Waals surface area contributed by atoms with Crippen LogP contribution in [-0.4, -0.2) is 38.4 Å². The molecule has 3 atom stereocenters. The lowest BCUT2D eigenvalue weighted by Crippen LogP contribution is -2.28. The molecule has 2 aliphatic heterocycles. The van der Waals surface area contributed by atoms with Crippen LogP contribution in [0.4, 0.5) is 0 Å². The first kappa shape index (κ1) is 11.7. The van der Waals surface area contributed by atoms with Crippen LogP contribution in [0.1, 0.15) is 6.42 Å². The van der Waals surface area contributed by atoms with Gasteiger partial charge in [0.15, 0.2) is 0 Å². The summed E-state index contributed by atoms with van der Waals surface area (Å²) < 4.78 is 14.8. The first-order valence-electron chi connectivity index (χ1n) is 5.16. The maximum absolute atomic E-state index is 11.7. The predicted octanol–water partition coefficient (Wildman–Crippen LogP) is 0.0495. The highest BCUT2D eigenvalue weighted by Crippen LogP contribution is 2.43. The van der Waals surface area contributed by atoms with Crippen LogP contribution in [0, 0.1) is 18.3 Å². The molecule has 17 heavy (non-hydrogen) atoms. The summed E-state index contributed by atoms with van der Waals surface area (Å²) >= 11 is 0. The average Bonchev–Trinajstić information content (AvgIpc) is 2.93. The summed E-state index contributed by atoms with van der Waals surface area (Å²) in [5, 5.41) is 0. The Hall–Kier alpha value is -1.80. The zero-order chi connectivity index (χ0) is 12.6. The molecule has 0 aliphatic carbocycles. The maximum Gasteiger partial charge on any atom is 0.337 e. The number of terminal acetylenes is 1. The quantitative estimate of drug-likeness (QED) is 0.500. The largest absolute Gasteiger partial charge is 0.466 e. The van der Waals surface area contributed by atoms with Crippen LogP contribution in [0.3, 0.4) is 0 Å². The number of ether oxygens (including phenoxy) is 3. The lowest BCUT2D eigenvalue weighted by atomic mass is 9.84. The maximum atomic E-state index is 11.7. The Balaban J connectivity index is 2.44. The number of fused-ring (bicyclic) bond motifs is 2. The topological polar surface area (TPSA) is 61.8 Å². The molecule has 5 nitrogen and oxygen atoms in total. The molecule has 5 heteroatoms. The third kappa shape index (κ3) is 1.61. The third-order valence-corrected chi connectivity index (χ3v) is 3.07. The second kappa shape index (κ2) is 4.22. The van der Waals surface area contributed by atoms with Crippen LogP contribution < -0.4 is 0 Å². The van der Waals surface area contributed by atoms with Gasteiger partial charge in [-0.05, 0) is 6.42 Å². The van der Waals surface area contributed by atoms with Gasteiger partial charge in [-0.2, -0.15) is 0 Å². The highest BCUT2D eigenvalue weighted by Gasteiger charge is 2.51. The van der Waals surface area contributed by atoms with Crippen LogP contribution in [0.25, 0.3) is 0 Å². The molecule has 0 aromatic rings. The summed E-state index contributed by atoms with van der Waals surface area (Å²) in [6.45, 7) is 0. The smallest absolute Gasteiger partial charge is 0.337 e. The van der Waals surface area contributed by atoms with Gasteiger partial charge in [0.25, 0.3) is 0 Å². The number of rotatable bonds is 2. The number of esters is 2. The summed E-state index contributed by atoms with van der Waals surface area (Å²) in [6.07, 6.45) is 4.89. The Bertz CT molecular complexity index is 442. The van der Waals surface area contributed by atoms with E-state index < -0.39 is 24.1 Å². The van der Waals surface area contributed by atoms with Crippen molar-refractivity contribution in [3.05, 3.63) is 11.1 Å². The first-order chi connectivity index (χ1) is 8.13. The Labute approximate surface area is 98.7 Å². The molecule has 3 unspecified atom stereocenters. The van der Waals surface area contributed by atoms with E-state index in [1.165, 1.54) is 14.2 Å². The minimum atomic E-state index is -0.585. The van der Waals surface area contributed by atoms with Crippen LogP contribution >= 0.6 is 0 Å². The monoisotopic (exact) mass is 236 g/mol. The third-order valence-electron chi connectivity index (χ3n) is 3.07. The van der Waals surface area contributed by atoms with Gasteiger partial charge in [0, 0.05) is 0 Å². The van der Waals surface area contributed by atoms with E-state index in [9.17, 15) is 9.59 Å². The van der Waals surface area contributed by atoms with E-state index in [4.69, 9.17) is 11.2 Å². The Morgan fingerprint density at radius 2 is 1.88 bits per heavy atom. The van der Waals surface area contributed by atoms with E-state index in [1.807, 2.05) is 0 Å². The molecular weight excluding hydrogens is 224 g/mol. The van der Waals surface area contributed by atoms with Crippen LogP contribution in [0.2, 0.25) is 0 Å². The number of hydrogen-bond acceptors (Lipinski definition) is 5. The van der Waals surface area contributed by atoms with Crippen molar-refractivity contribution in [3.8, 4) is 12.3 Å². The lowest BCUT2D eigenvalue weighted by Gasteiger charge is -2.17. The Morgan fingerprint density at radius 3 is 2.41 bits per heavy atom. The molecule has 1 saturated heterocycles. The van der Waals surface area contributed by atoms with Gasteiger partial charge < -0.3 is 14.2 Å². The average molecular weight is 236 g/mol. The molecule has 2 bridgehead atoms. The fraction of sp³-hybridized carbons (Fsp3) is 0.500. The highest BCUT2D eigenvalue weighted by atomic mass is 16.5. The molecule has 0 aromatic heterocycles. The summed E-state index contributed by atoms with van der Waals surface area (Å²) in [6, 6.07) is 0. The van der Waals surface area contributed by atoms with Gasteiger partial charge in [0.1, 0.15) is 6.10 Å². The molecule has 0 spiro atoms. The molecule has 0 N–H and O–H groups in total. The van der Waals surface area contributed by atoms with E-state index in [-0.39, 0.29) is 17.1 Å². The van der Waals surface area contributed by atoms with Crippen molar-refractivity contribution in [1.82, 2.24) is 0 Å². The first-order valence-corrected chi connectivity index (χ1v) is 5.16. The Morgan fingerprint density at radius 1 is 1.29 bits per heavy atom. The van der Waals surface area contributed by atoms with E-state index >= 15 is 0 Å². The molecule has 2 aliphatic rings. The minimum absolute atomic E-state index is 0.192. The van der Waals surface area contributed by atoms with E-state index in [1.54, 1.807) is 0 Å². The molecule has 90 valence electrons. The molecule has 0 amide bonds. The molecule has 1 fully saturated rings. The normalized spacial score (nSPS) is 30.1. The van der Waals surface area contributed by atoms with Crippen molar-refractivity contribution in [2.45, 2.75) is 18.6 Å². The van der Waals surface area contributed by atoms with Gasteiger partial charge in [0.05, 0.1) is 37.4 Å². The highest BCUT2D eigenvalue weighted by molar-refractivity contribution is 6.03. The second-order valence-corrected chi connectivity index (χ2v) is 3.86. The summed E-state index contributed by atoms with van der Waals surface area (Å²) in [5.41, 5.74) is 0.453. The van der Waals surface area contributed by atoms with Gasteiger partial charge >= 0.3 is 11.9 Å². The molecule has 2 rings (SSSR count). The molecular formula is C12H12O5. The summed E-state index contributed by atoms with van der Waals surface area (Å²) in [5.74, 6) is 1.22. The second-order valence-electron chi connectivity index (χ2n) is 3.86. The number of hydrogen-bond donors (Lipinski definition) is 0. The molecule has 0 aromatic carbocycles. The van der Waals surface area contributed by atoms with Crippen molar-refractivity contribution >= 4 is 11.9 Å². The number of carbonyl (C=O) groups excluding carboxylic acids is 2. The standard InChI is InChI=1S/C12H12O5/c1-4-6-5-7-8(11(13)15-2)9(10(6)17-7)12(14)16-3/h1,6-7,10H,5H2,2-3H3. The van der Waals surface area contributed by atoms with Crippen molar-refractivity contribution in [3.63, 3.8) is 0 Å². The van der Waals surface area contributed by atoms with Crippen LogP contribution in [0.5, 0.6) is 0 Å². The van der Waals surface area contributed by atoms with E-state index in [0.717, 1.165) is 0 Å². The van der Waals surface area contributed by atoms with Gasteiger partial charge in [-0.25, -0.2) is 9.59 Å². The van der Waals surface area contributed by atoms with Crippen LogP contribution in [-0.2, 0) is 23.8 Å². The van der Waals surface area contributed by atoms with Gasteiger partial charge in [0.2, 0.25) is 0 Å². The minimum Gasteiger partial charge on any atom is -0.466 e. The van der Waals surface area contributed by atoms with Crippen molar-refractivity contribution in [2.24, 2.45) is 5.92 Å². The fourth-order valence-corrected chi connectivity index (χ4v) is 2.31. The van der Waals surface area contributed by atoms with Gasteiger partial charge in [-0.1, -0.05) is 0 Å². The number of carbonyl (C=O) groups is 2. The molecule has 0 saturated carbocycles. The zero-order valence-electron chi connectivity index (χ0n) is 9.56. The van der Waals surface area contributed by atoms with Crippen molar-refractivity contribution < 1.29 is 23.8 Å².